The molecule has 0 spiro atoms. The number of hydrogen-bond donors (Lipinski definition) is 1. The van der Waals surface area contributed by atoms with Crippen molar-refractivity contribution >= 4 is 15.7 Å². The maximum absolute atomic E-state index is 13.6. The second kappa shape index (κ2) is 7.88. The van der Waals surface area contributed by atoms with Gasteiger partial charge in [0.15, 0.2) is 0 Å². The summed E-state index contributed by atoms with van der Waals surface area (Å²) in [5.74, 6) is 2.44. The van der Waals surface area contributed by atoms with Crippen LogP contribution in [-0.2, 0) is 10.0 Å². The third-order valence-electron chi connectivity index (χ3n) is 8.98. The first kappa shape index (κ1) is 20.7. The fourth-order valence-corrected chi connectivity index (χ4v) is 8.87. The predicted molar refractivity (Wildman–Crippen MR) is 128 cm³/mol. The SMILES string of the molecule is CN(C1CCCCC1)S(=O)(=O)c1ccc2c(c1)C1C3CCC(C3)C1C(c1ccccc1)N2. The molecule has 0 radical (unpaired) electrons. The van der Waals surface area contributed by atoms with Crippen molar-refractivity contribution in [3.05, 3.63) is 59.7 Å². The van der Waals surface area contributed by atoms with E-state index in [0.29, 0.717) is 28.7 Å². The van der Waals surface area contributed by atoms with Crippen molar-refractivity contribution in [2.45, 2.75) is 74.3 Å². The van der Waals surface area contributed by atoms with Crippen LogP contribution < -0.4 is 5.32 Å². The molecule has 170 valence electrons. The monoisotopic (exact) mass is 450 g/mol. The van der Waals surface area contributed by atoms with E-state index < -0.39 is 10.0 Å². The van der Waals surface area contributed by atoms with Gasteiger partial charge in [0.1, 0.15) is 0 Å². The van der Waals surface area contributed by atoms with Gasteiger partial charge >= 0.3 is 0 Å². The molecule has 0 saturated heterocycles. The van der Waals surface area contributed by atoms with Crippen LogP contribution in [0.3, 0.4) is 0 Å². The normalized spacial score (nSPS) is 31.9. The quantitative estimate of drug-likeness (QED) is 0.627. The van der Waals surface area contributed by atoms with Crippen molar-refractivity contribution in [2.24, 2.45) is 17.8 Å². The summed E-state index contributed by atoms with van der Waals surface area (Å²) < 4.78 is 28.8. The largest absolute Gasteiger partial charge is 0.378 e. The van der Waals surface area contributed by atoms with Crippen LogP contribution in [0.1, 0.15) is 74.5 Å². The Kier molecular flexibility index (Phi) is 5.10. The molecule has 4 aliphatic rings. The van der Waals surface area contributed by atoms with Crippen molar-refractivity contribution < 1.29 is 8.42 Å². The Labute approximate surface area is 192 Å². The number of sulfonamides is 1. The molecule has 2 aromatic rings. The molecule has 3 fully saturated rings. The van der Waals surface area contributed by atoms with Crippen LogP contribution in [0.2, 0.25) is 0 Å². The van der Waals surface area contributed by atoms with Gasteiger partial charge in [-0.15, -0.1) is 0 Å². The molecule has 5 heteroatoms. The molecule has 5 unspecified atom stereocenters. The number of anilines is 1. The molecule has 32 heavy (non-hydrogen) atoms. The van der Waals surface area contributed by atoms with Gasteiger partial charge in [0, 0.05) is 18.8 Å². The van der Waals surface area contributed by atoms with E-state index in [4.69, 9.17) is 0 Å². The molecule has 4 nitrogen and oxygen atoms in total. The predicted octanol–water partition coefficient (Wildman–Crippen LogP) is 5.94. The first-order chi connectivity index (χ1) is 15.5. The lowest BCUT2D eigenvalue weighted by molar-refractivity contribution is 0.247. The lowest BCUT2D eigenvalue weighted by Gasteiger charge is -2.43. The molecule has 3 aliphatic carbocycles. The summed E-state index contributed by atoms with van der Waals surface area (Å²) in [6.07, 6.45) is 9.34. The van der Waals surface area contributed by atoms with Crippen molar-refractivity contribution in [3.8, 4) is 0 Å². The van der Waals surface area contributed by atoms with E-state index in [2.05, 4.69) is 35.6 Å². The summed E-state index contributed by atoms with van der Waals surface area (Å²) in [6.45, 7) is 0. The molecule has 3 saturated carbocycles. The molecule has 1 N–H and O–H groups in total. The Hall–Kier alpha value is -1.85. The van der Waals surface area contributed by atoms with E-state index in [-0.39, 0.29) is 6.04 Å². The molecular formula is C27H34N2O2S. The van der Waals surface area contributed by atoms with Crippen molar-refractivity contribution in [3.63, 3.8) is 0 Å². The maximum atomic E-state index is 13.6. The van der Waals surface area contributed by atoms with Gasteiger partial charge in [0.2, 0.25) is 10.0 Å². The lowest BCUT2D eigenvalue weighted by Crippen LogP contribution is -2.39. The number of hydrogen-bond acceptors (Lipinski definition) is 3. The maximum Gasteiger partial charge on any atom is 0.243 e. The highest BCUT2D eigenvalue weighted by Gasteiger charge is 2.54. The summed E-state index contributed by atoms with van der Waals surface area (Å²) >= 11 is 0. The topological polar surface area (TPSA) is 49.4 Å². The summed E-state index contributed by atoms with van der Waals surface area (Å²) in [5, 5.41) is 3.83. The first-order valence-corrected chi connectivity index (χ1v) is 13.9. The Morgan fingerprint density at radius 3 is 2.44 bits per heavy atom. The molecule has 5 atom stereocenters. The van der Waals surface area contributed by atoms with Crippen LogP contribution in [0.25, 0.3) is 0 Å². The van der Waals surface area contributed by atoms with Gasteiger partial charge in [-0.2, -0.15) is 4.31 Å². The molecule has 1 heterocycles. The highest BCUT2D eigenvalue weighted by atomic mass is 32.2. The van der Waals surface area contributed by atoms with Crippen LogP contribution >= 0.6 is 0 Å². The van der Waals surface area contributed by atoms with E-state index in [9.17, 15) is 8.42 Å². The third-order valence-corrected chi connectivity index (χ3v) is 10.9. The standard InChI is InChI=1S/C27H34N2O2S/c1-29(21-10-6-3-7-11-21)32(30,31)22-14-15-24-23(17-22)25-19-12-13-20(16-19)26(25)27(28-24)18-8-4-2-5-9-18/h2,4-5,8-9,14-15,17,19-21,25-28H,3,6-7,10-13,16H2,1H3. The Bertz CT molecular complexity index is 1090. The zero-order chi connectivity index (χ0) is 21.9. The van der Waals surface area contributed by atoms with Crippen molar-refractivity contribution in [2.75, 3.05) is 12.4 Å². The van der Waals surface area contributed by atoms with Crippen molar-refractivity contribution in [1.29, 1.82) is 0 Å². The number of benzene rings is 2. The summed E-state index contributed by atoms with van der Waals surface area (Å²) in [5.41, 5.74) is 3.73. The van der Waals surface area contributed by atoms with E-state index in [1.807, 2.05) is 18.2 Å². The Morgan fingerprint density at radius 1 is 0.906 bits per heavy atom. The van der Waals surface area contributed by atoms with E-state index in [0.717, 1.165) is 37.3 Å². The minimum atomic E-state index is -3.47. The fraction of sp³-hybridized carbons (Fsp3) is 0.556. The van der Waals surface area contributed by atoms with Gasteiger partial charge in [-0.3, -0.25) is 0 Å². The zero-order valence-electron chi connectivity index (χ0n) is 18.9. The fourth-order valence-electron chi connectivity index (χ4n) is 7.42. The van der Waals surface area contributed by atoms with Crippen molar-refractivity contribution in [1.82, 2.24) is 4.31 Å². The molecule has 0 aromatic heterocycles. The molecule has 2 bridgehead atoms. The minimum Gasteiger partial charge on any atom is -0.378 e. The van der Waals surface area contributed by atoms with E-state index in [1.54, 1.807) is 11.4 Å². The van der Waals surface area contributed by atoms with Gasteiger partial charge in [0.05, 0.1) is 10.9 Å². The van der Waals surface area contributed by atoms with Crippen LogP contribution in [0.4, 0.5) is 5.69 Å². The molecule has 1 aliphatic heterocycles. The lowest BCUT2D eigenvalue weighted by atomic mass is 9.68. The van der Waals surface area contributed by atoms with E-state index >= 15 is 0 Å². The number of nitrogens with zero attached hydrogens (tertiary/aromatic N) is 1. The molecule has 2 aromatic carbocycles. The summed E-state index contributed by atoms with van der Waals surface area (Å²) in [6, 6.07) is 17.2. The van der Waals surface area contributed by atoms with Gasteiger partial charge in [-0.25, -0.2) is 8.42 Å². The average molecular weight is 451 g/mol. The first-order valence-electron chi connectivity index (χ1n) is 12.5. The Balaban J connectivity index is 1.38. The summed E-state index contributed by atoms with van der Waals surface area (Å²) in [4.78, 5) is 0.478. The number of nitrogens with one attached hydrogen (secondary N) is 1. The highest BCUT2D eigenvalue weighted by molar-refractivity contribution is 7.89. The zero-order valence-corrected chi connectivity index (χ0v) is 19.7. The molecular weight excluding hydrogens is 416 g/mol. The van der Waals surface area contributed by atoms with Crippen LogP contribution in [0.5, 0.6) is 0 Å². The van der Waals surface area contributed by atoms with E-state index in [1.165, 1.54) is 36.8 Å². The molecule has 6 rings (SSSR count). The van der Waals surface area contributed by atoms with Gasteiger partial charge in [0.25, 0.3) is 0 Å². The second-order valence-corrected chi connectivity index (χ2v) is 12.5. The van der Waals surface area contributed by atoms with Gasteiger partial charge < -0.3 is 5.32 Å². The summed E-state index contributed by atoms with van der Waals surface area (Å²) in [7, 11) is -1.69. The third kappa shape index (κ3) is 3.23. The van der Waals surface area contributed by atoms with Crippen LogP contribution in [0, 0.1) is 17.8 Å². The smallest absolute Gasteiger partial charge is 0.243 e. The second-order valence-electron chi connectivity index (χ2n) is 10.5. The van der Waals surface area contributed by atoms with Crippen LogP contribution in [-0.4, -0.2) is 25.8 Å². The van der Waals surface area contributed by atoms with Crippen LogP contribution in [0.15, 0.2) is 53.4 Å². The highest BCUT2D eigenvalue weighted by Crippen LogP contribution is 2.63. The minimum absolute atomic E-state index is 0.139. The molecule has 0 amide bonds. The van der Waals surface area contributed by atoms with Gasteiger partial charge in [-0.1, -0.05) is 49.6 Å². The van der Waals surface area contributed by atoms with Gasteiger partial charge in [-0.05, 0) is 85.1 Å². The number of rotatable bonds is 4. The number of fused-ring (bicyclic) bond motifs is 7. The Morgan fingerprint density at radius 2 is 1.66 bits per heavy atom. The average Bonchev–Trinajstić information content (AvgIpc) is 3.47.